The molecule has 0 saturated heterocycles. The Kier molecular flexibility index (Phi) is 5.16. The first-order valence-electron chi connectivity index (χ1n) is 7.98. The molecule has 0 spiro atoms. The molecule has 1 amide bonds. The number of benzene rings is 1. The molecule has 1 aliphatic rings. The van der Waals surface area contributed by atoms with Crippen LogP contribution in [0.25, 0.3) is 0 Å². The number of aromatic nitrogens is 2. The van der Waals surface area contributed by atoms with Crippen LogP contribution < -0.4 is 5.32 Å². The first kappa shape index (κ1) is 15.2. The molecule has 0 bridgehead atoms. The lowest BCUT2D eigenvalue weighted by Gasteiger charge is -2.19. The van der Waals surface area contributed by atoms with Gasteiger partial charge in [-0.2, -0.15) is 0 Å². The van der Waals surface area contributed by atoms with Crippen LogP contribution in [0.15, 0.2) is 30.3 Å². The third-order valence-electron chi connectivity index (χ3n) is 4.14. The summed E-state index contributed by atoms with van der Waals surface area (Å²) in [5.74, 6) is 0.274. The van der Waals surface area contributed by atoms with Crippen molar-refractivity contribution in [2.45, 2.75) is 44.9 Å². The summed E-state index contributed by atoms with van der Waals surface area (Å²) in [6.45, 7) is 0. The Morgan fingerprint density at radius 3 is 2.64 bits per heavy atom. The lowest BCUT2D eigenvalue weighted by atomic mass is 9.89. The minimum Gasteiger partial charge on any atom is -0.300 e. The lowest BCUT2D eigenvalue weighted by molar-refractivity contribution is -0.120. The van der Waals surface area contributed by atoms with E-state index in [1.54, 1.807) is 0 Å². The smallest absolute Gasteiger partial charge is 0.229 e. The molecule has 1 aliphatic carbocycles. The molecule has 22 heavy (non-hydrogen) atoms. The van der Waals surface area contributed by atoms with E-state index in [-0.39, 0.29) is 11.8 Å². The second-order valence-corrected chi connectivity index (χ2v) is 6.87. The zero-order valence-corrected chi connectivity index (χ0v) is 13.4. The van der Waals surface area contributed by atoms with Crippen molar-refractivity contribution < 1.29 is 4.79 Å². The van der Waals surface area contributed by atoms with Crippen molar-refractivity contribution in [1.29, 1.82) is 0 Å². The van der Waals surface area contributed by atoms with Crippen LogP contribution in [-0.4, -0.2) is 16.1 Å². The van der Waals surface area contributed by atoms with Crippen molar-refractivity contribution in [2.24, 2.45) is 5.92 Å². The average Bonchev–Trinajstić information content (AvgIpc) is 3.02. The van der Waals surface area contributed by atoms with Gasteiger partial charge < -0.3 is 5.32 Å². The molecular formula is C17H21N3OS. The fraction of sp³-hybridized carbons (Fsp3) is 0.471. The van der Waals surface area contributed by atoms with Gasteiger partial charge in [0.15, 0.2) is 0 Å². The van der Waals surface area contributed by atoms with Crippen LogP contribution in [0.1, 0.15) is 42.7 Å². The molecule has 0 atom stereocenters. The van der Waals surface area contributed by atoms with Gasteiger partial charge in [-0.05, 0) is 24.8 Å². The number of anilines is 1. The highest BCUT2D eigenvalue weighted by molar-refractivity contribution is 7.15. The van der Waals surface area contributed by atoms with Crippen molar-refractivity contribution in [2.75, 3.05) is 5.32 Å². The summed E-state index contributed by atoms with van der Waals surface area (Å²) < 4.78 is 0. The van der Waals surface area contributed by atoms with Crippen LogP contribution in [-0.2, 0) is 17.6 Å². The van der Waals surface area contributed by atoms with Gasteiger partial charge in [0.25, 0.3) is 0 Å². The molecule has 0 radical (unpaired) electrons. The number of aryl methyl sites for hydroxylation is 2. The molecule has 1 saturated carbocycles. The second-order valence-electron chi connectivity index (χ2n) is 5.81. The van der Waals surface area contributed by atoms with Gasteiger partial charge >= 0.3 is 0 Å². The first-order valence-corrected chi connectivity index (χ1v) is 8.80. The zero-order valence-electron chi connectivity index (χ0n) is 12.6. The number of amides is 1. The number of hydrogen-bond donors (Lipinski definition) is 1. The predicted octanol–water partition coefficient (Wildman–Crippen LogP) is 3.84. The number of carbonyl (C=O) groups is 1. The number of rotatable bonds is 5. The summed E-state index contributed by atoms with van der Waals surface area (Å²) in [6.07, 6.45) is 7.41. The Labute approximate surface area is 135 Å². The highest BCUT2D eigenvalue weighted by Gasteiger charge is 2.22. The van der Waals surface area contributed by atoms with Crippen LogP contribution >= 0.6 is 11.3 Å². The molecule has 116 valence electrons. The molecule has 1 heterocycles. The van der Waals surface area contributed by atoms with E-state index >= 15 is 0 Å². The van der Waals surface area contributed by atoms with Crippen molar-refractivity contribution in [3.05, 3.63) is 40.9 Å². The second kappa shape index (κ2) is 7.49. The fourth-order valence-electron chi connectivity index (χ4n) is 2.87. The van der Waals surface area contributed by atoms with Gasteiger partial charge in [0.2, 0.25) is 11.0 Å². The topological polar surface area (TPSA) is 54.9 Å². The third-order valence-corrected chi connectivity index (χ3v) is 5.04. The minimum absolute atomic E-state index is 0.116. The van der Waals surface area contributed by atoms with E-state index in [0.29, 0.717) is 5.13 Å². The minimum atomic E-state index is 0.116. The van der Waals surface area contributed by atoms with Gasteiger partial charge in [0.05, 0.1) is 0 Å². The molecule has 2 aromatic rings. The predicted molar refractivity (Wildman–Crippen MR) is 89.0 cm³/mol. The number of carbonyl (C=O) groups excluding carboxylic acids is 1. The van der Waals surface area contributed by atoms with Gasteiger partial charge in [-0.25, -0.2) is 0 Å². The maximum Gasteiger partial charge on any atom is 0.229 e. The largest absolute Gasteiger partial charge is 0.300 e. The van der Waals surface area contributed by atoms with E-state index in [1.165, 1.54) is 23.3 Å². The summed E-state index contributed by atoms with van der Waals surface area (Å²) in [5.41, 5.74) is 1.30. The van der Waals surface area contributed by atoms with Crippen molar-refractivity contribution >= 4 is 22.4 Å². The van der Waals surface area contributed by atoms with Crippen molar-refractivity contribution in [3.8, 4) is 0 Å². The molecular weight excluding hydrogens is 294 g/mol. The summed E-state index contributed by atoms with van der Waals surface area (Å²) in [4.78, 5) is 12.2. The van der Waals surface area contributed by atoms with Crippen molar-refractivity contribution in [3.63, 3.8) is 0 Å². The molecule has 3 rings (SSSR count). The summed E-state index contributed by atoms with van der Waals surface area (Å²) in [7, 11) is 0. The highest BCUT2D eigenvalue weighted by Crippen LogP contribution is 2.25. The average molecular weight is 315 g/mol. The Balaban J connectivity index is 1.51. The lowest BCUT2D eigenvalue weighted by Crippen LogP contribution is -2.24. The normalized spacial score (nSPS) is 15.6. The van der Waals surface area contributed by atoms with Crippen LogP contribution in [0.5, 0.6) is 0 Å². The monoisotopic (exact) mass is 315 g/mol. The molecule has 4 nitrogen and oxygen atoms in total. The number of nitrogens with zero attached hydrogens (tertiary/aromatic N) is 2. The van der Waals surface area contributed by atoms with Gasteiger partial charge in [-0.1, -0.05) is 60.9 Å². The molecule has 1 aromatic carbocycles. The Hall–Kier alpha value is -1.75. The van der Waals surface area contributed by atoms with Gasteiger partial charge in [0.1, 0.15) is 5.01 Å². The van der Waals surface area contributed by atoms with Crippen molar-refractivity contribution in [1.82, 2.24) is 10.2 Å². The van der Waals surface area contributed by atoms with E-state index in [4.69, 9.17) is 0 Å². The van der Waals surface area contributed by atoms with Gasteiger partial charge in [0, 0.05) is 12.3 Å². The van der Waals surface area contributed by atoms with E-state index in [2.05, 4.69) is 27.6 Å². The van der Waals surface area contributed by atoms with E-state index in [0.717, 1.165) is 43.5 Å². The quantitative estimate of drug-likeness (QED) is 0.912. The van der Waals surface area contributed by atoms with E-state index in [1.807, 2.05) is 18.2 Å². The molecule has 1 aromatic heterocycles. The Morgan fingerprint density at radius 1 is 1.09 bits per heavy atom. The zero-order chi connectivity index (χ0) is 15.2. The van der Waals surface area contributed by atoms with E-state index < -0.39 is 0 Å². The first-order chi connectivity index (χ1) is 10.8. The summed E-state index contributed by atoms with van der Waals surface area (Å²) >= 11 is 1.49. The number of nitrogens with one attached hydrogen (secondary N) is 1. The maximum absolute atomic E-state index is 12.2. The van der Waals surface area contributed by atoms with Gasteiger partial charge in [-0.3, -0.25) is 4.79 Å². The maximum atomic E-state index is 12.2. The number of hydrogen-bond acceptors (Lipinski definition) is 4. The standard InChI is InChI=1S/C17H21N3OS/c21-16(14-9-5-2-6-10-14)18-17-20-19-15(22-17)12-11-13-7-3-1-4-8-13/h1,3-4,7-8,14H,2,5-6,9-12H2,(H,18,20,21). The molecule has 5 heteroatoms. The third kappa shape index (κ3) is 4.13. The summed E-state index contributed by atoms with van der Waals surface area (Å²) in [6, 6.07) is 10.4. The highest BCUT2D eigenvalue weighted by atomic mass is 32.1. The Morgan fingerprint density at radius 2 is 1.86 bits per heavy atom. The summed E-state index contributed by atoms with van der Waals surface area (Å²) in [5, 5.41) is 12.8. The van der Waals surface area contributed by atoms with Crippen LogP contribution in [0, 0.1) is 5.92 Å². The van der Waals surface area contributed by atoms with Crippen LogP contribution in [0.4, 0.5) is 5.13 Å². The molecule has 1 N–H and O–H groups in total. The van der Waals surface area contributed by atoms with E-state index in [9.17, 15) is 4.79 Å². The van der Waals surface area contributed by atoms with Crippen LogP contribution in [0.2, 0.25) is 0 Å². The molecule has 0 aliphatic heterocycles. The molecule has 1 fully saturated rings. The van der Waals surface area contributed by atoms with Crippen LogP contribution in [0.3, 0.4) is 0 Å². The van der Waals surface area contributed by atoms with Gasteiger partial charge in [-0.15, -0.1) is 10.2 Å². The SMILES string of the molecule is O=C(Nc1nnc(CCc2ccccc2)s1)C1CCCCC1. The Bertz CT molecular complexity index is 605. The molecule has 0 unspecified atom stereocenters. The fourth-order valence-corrected chi connectivity index (χ4v) is 3.62.